The van der Waals surface area contributed by atoms with Gasteiger partial charge in [-0.05, 0) is 67.9 Å². The SMILES string of the molecule is CN=C(NCCCc1ccc(OC)c(OC)c1)NCC(c1cccs1)N1CCCC1.I. The molecule has 2 aromatic rings. The summed E-state index contributed by atoms with van der Waals surface area (Å²) in [6.45, 7) is 4.10. The number of benzene rings is 1. The minimum Gasteiger partial charge on any atom is -0.493 e. The lowest BCUT2D eigenvalue weighted by Gasteiger charge is -2.27. The molecule has 0 saturated carbocycles. The van der Waals surface area contributed by atoms with Crippen LogP contribution in [-0.2, 0) is 6.42 Å². The van der Waals surface area contributed by atoms with Gasteiger partial charge in [-0.1, -0.05) is 12.1 Å². The molecule has 8 heteroatoms. The molecule has 1 aliphatic rings. The third-order valence-corrected chi connectivity index (χ3v) is 6.50. The maximum absolute atomic E-state index is 5.39. The number of halogens is 1. The topological polar surface area (TPSA) is 58.1 Å². The first-order valence-electron chi connectivity index (χ1n) is 10.7. The van der Waals surface area contributed by atoms with Crippen molar-refractivity contribution >= 4 is 41.3 Å². The summed E-state index contributed by atoms with van der Waals surface area (Å²) < 4.78 is 10.7. The number of aliphatic imine (C=N–C) groups is 1. The van der Waals surface area contributed by atoms with Gasteiger partial charge in [0, 0.05) is 25.0 Å². The predicted octanol–water partition coefficient (Wildman–Crippen LogP) is 4.32. The van der Waals surface area contributed by atoms with Crippen molar-refractivity contribution in [3.63, 3.8) is 0 Å². The Hall–Kier alpha value is -1.52. The molecule has 0 amide bonds. The molecule has 1 atom stereocenters. The van der Waals surface area contributed by atoms with Crippen LogP contribution in [-0.4, -0.2) is 58.3 Å². The van der Waals surface area contributed by atoms with Crippen molar-refractivity contribution in [3.8, 4) is 11.5 Å². The normalized spacial score (nSPS) is 15.3. The summed E-state index contributed by atoms with van der Waals surface area (Å²) in [6, 6.07) is 10.9. The van der Waals surface area contributed by atoms with Crippen LogP contribution in [0.4, 0.5) is 0 Å². The molecular weight excluding hydrogens is 523 g/mol. The molecule has 0 aliphatic carbocycles. The van der Waals surface area contributed by atoms with Crippen molar-refractivity contribution in [2.24, 2.45) is 4.99 Å². The summed E-state index contributed by atoms with van der Waals surface area (Å²) in [5.74, 6) is 2.41. The van der Waals surface area contributed by atoms with Crippen molar-refractivity contribution in [2.75, 3.05) is 47.4 Å². The fourth-order valence-corrected chi connectivity index (χ4v) is 4.75. The quantitative estimate of drug-likeness (QED) is 0.197. The van der Waals surface area contributed by atoms with Crippen molar-refractivity contribution in [2.45, 2.75) is 31.7 Å². The van der Waals surface area contributed by atoms with Crippen molar-refractivity contribution in [1.29, 1.82) is 0 Å². The Labute approximate surface area is 207 Å². The summed E-state index contributed by atoms with van der Waals surface area (Å²) >= 11 is 1.84. The van der Waals surface area contributed by atoms with Gasteiger partial charge in [0.1, 0.15) is 0 Å². The average molecular weight is 559 g/mol. The van der Waals surface area contributed by atoms with Crippen LogP contribution in [0.15, 0.2) is 40.7 Å². The largest absolute Gasteiger partial charge is 0.493 e. The second-order valence-corrected chi connectivity index (χ2v) is 8.43. The van der Waals surface area contributed by atoms with E-state index < -0.39 is 0 Å². The van der Waals surface area contributed by atoms with Gasteiger partial charge in [0.05, 0.1) is 20.3 Å². The Kier molecular flexibility index (Phi) is 11.5. The van der Waals surface area contributed by atoms with Crippen LogP contribution in [0.25, 0.3) is 0 Å². The zero-order valence-corrected chi connectivity index (χ0v) is 21.9. The van der Waals surface area contributed by atoms with Gasteiger partial charge in [0.25, 0.3) is 0 Å². The van der Waals surface area contributed by atoms with Crippen molar-refractivity contribution < 1.29 is 9.47 Å². The van der Waals surface area contributed by atoms with Crippen LogP contribution in [0.5, 0.6) is 11.5 Å². The van der Waals surface area contributed by atoms with E-state index in [1.165, 1.54) is 36.4 Å². The predicted molar refractivity (Wildman–Crippen MR) is 141 cm³/mol. The van der Waals surface area contributed by atoms with Gasteiger partial charge in [-0.2, -0.15) is 0 Å². The van der Waals surface area contributed by atoms with Gasteiger partial charge in [0.15, 0.2) is 17.5 Å². The summed E-state index contributed by atoms with van der Waals surface area (Å²) in [6.07, 6.45) is 4.57. The molecule has 6 nitrogen and oxygen atoms in total. The van der Waals surface area contributed by atoms with Gasteiger partial charge in [0.2, 0.25) is 0 Å². The molecule has 0 spiro atoms. The van der Waals surface area contributed by atoms with E-state index in [-0.39, 0.29) is 24.0 Å². The average Bonchev–Trinajstić information content (AvgIpc) is 3.50. The zero-order chi connectivity index (χ0) is 21.2. The van der Waals surface area contributed by atoms with E-state index >= 15 is 0 Å². The molecule has 2 heterocycles. The summed E-state index contributed by atoms with van der Waals surface area (Å²) in [5, 5.41) is 9.15. The number of aryl methyl sites for hydroxylation is 1. The number of ether oxygens (including phenoxy) is 2. The Balaban J connectivity index is 0.00000341. The van der Waals surface area contributed by atoms with E-state index in [0.717, 1.165) is 43.4 Å². The molecule has 2 N–H and O–H groups in total. The number of guanidine groups is 1. The third-order valence-electron chi connectivity index (χ3n) is 5.52. The lowest BCUT2D eigenvalue weighted by molar-refractivity contribution is 0.249. The number of likely N-dealkylation sites (tertiary alicyclic amines) is 1. The maximum atomic E-state index is 5.39. The van der Waals surface area contributed by atoms with E-state index in [4.69, 9.17) is 9.47 Å². The molecule has 3 rings (SSSR count). The molecule has 1 aromatic heterocycles. The zero-order valence-electron chi connectivity index (χ0n) is 18.7. The second kappa shape index (κ2) is 13.8. The summed E-state index contributed by atoms with van der Waals surface area (Å²) in [7, 11) is 5.16. The standard InChI is InChI=1S/C23H34N4O2S.HI/c1-24-23(25-12-6-8-18-10-11-20(28-2)21(16-18)29-3)26-17-19(22-9-7-15-30-22)27-13-4-5-14-27;/h7,9-11,15-16,19H,4-6,8,12-14,17H2,1-3H3,(H2,24,25,26);1H. The van der Waals surface area contributed by atoms with E-state index in [9.17, 15) is 0 Å². The first kappa shape index (κ1) is 25.7. The molecule has 31 heavy (non-hydrogen) atoms. The first-order chi connectivity index (χ1) is 14.7. The van der Waals surface area contributed by atoms with Crippen LogP contribution in [0.1, 0.15) is 35.7 Å². The van der Waals surface area contributed by atoms with Gasteiger partial charge < -0.3 is 20.1 Å². The highest BCUT2D eigenvalue weighted by atomic mass is 127. The van der Waals surface area contributed by atoms with Crippen LogP contribution in [0, 0.1) is 0 Å². The van der Waals surface area contributed by atoms with Crippen LogP contribution in [0.3, 0.4) is 0 Å². The number of hydrogen-bond donors (Lipinski definition) is 2. The number of methoxy groups -OCH3 is 2. The van der Waals surface area contributed by atoms with E-state index in [0.29, 0.717) is 6.04 Å². The summed E-state index contributed by atoms with van der Waals surface area (Å²) in [4.78, 5) is 8.42. The monoisotopic (exact) mass is 558 g/mol. The highest BCUT2D eigenvalue weighted by molar-refractivity contribution is 14.0. The second-order valence-electron chi connectivity index (χ2n) is 7.45. The fraction of sp³-hybridized carbons (Fsp3) is 0.522. The molecule has 1 aliphatic heterocycles. The lowest BCUT2D eigenvalue weighted by Crippen LogP contribution is -2.42. The summed E-state index contributed by atoms with van der Waals surface area (Å²) in [5.41, 5.74) is 1.24. The smallest absolute Gasteiger partial charge is 0.191 e. The number of hydrogen-bond acceptors (Lipinski definition) is 5. The van der Waals surface area contributed by atoms with E-state index in [1.807, 2.05) is 30.5 Å². The number of nitrogens with one attached hydrogen (secondary N) is 2. The Morgan fingerprint density at radius 2 is 1.90 bits per heavy atom. The van der Waals surface area contributed by atoms with Crippen LogP contribution >= 0.6 is 35.3 Å². The highest BCUT2D eigenvalue weighted by Crippen LogP contribution is 2.28. The molecule has 1 saturated heterocycles. The molecule has 0 radical (unpaired) electrons. The first-order valence-corrected chi connectivity index (χ1v) is 11.6. The third kappa shape index (κ3) is 7.54. The minimum absolute atomic E-state index is 0. The maximum Gasteiger partial charge on any atom is 0.191 e. The number of thiophene rings is 1. The molecule has 1 unspecified atom stereocenters. The van der Waals surface area contributed by atoms with Crippen LogP contribution < -0.4 is 20.1 Å². The van der Waals surface area contributed by atoms with Gasteiger partial charge in [-0.3, -0.25) is 9.89 Å². The number of nitrogens with zero attached hydrogens (tertiary/aromatic N) is 2. The van der Waals surface area contributed by atoms with Crippen LogP contribution in [0.2, 0.25) is 0 Å². The number of rotatable bonds is 10. The molecule has 0 bridgehead atoms. The minimum atomic E-state index is 0. The van der Waals surface area contributed by atoms with E-state index in [2.05, 4.69) is 44.1 Å². The lowest BCUT2D eigenvalue weighted by atomic mass is 10.1. The van der Waals surface area contributed by atoms with Crippen molar-refractivity contribution in [1.82, 2.24) is 15.5 Å². The van der Waals surface area contributed by atoms with Crippen molar-refractivity contribution in [3.05, 3.63) is 46.2 Å². The van der Waals surface area contributed by atoms with Gasteiger partial charge in [-0.15, -0.1) is 35.3 Å². The fourth-order valence-electron chi connectivity index (χ4n) is 3.89. The highest BCUT2D eigenvalue weighted by Gasteiger charge is 2.24. The Morgan fingerprint density at radius 1 is 1.13 bits per heavy atom. The van der Waals surface area contributed by atoms with Gasteiger partial charge in [-0.25, -0.2) is 0 Å². The molecular formula is C23H35IN4O2S. The van der Waals surface area contributed by atoms with E-state index in [1.54, 1.807) is 14.2 Å². The Bertz CT molecular complexity index is 795. The Morgan fingerprint density at radius 3 is 2.55 bits per heavy atom. The van der Waals surface area contributed by atoms with Gasteiger partial charge >= 0.3 is 0 Å². The molecule has 1 fully saturated rings. The molecule has 172 valence electrons. The molecule has 1 aromatic carbocycles.